The molecule has 43 heavy (non-hydrogen) atoms. The third-order valence-corrected chi connectivity index (χ3v) is 14.1. The average molecular weight is 621 g/mol. The van der Waals surface area contributed by atoms with Crippen molar-refractivity contribution in [1.82, 2.24) is 10.0 Å². The number of sulfonamides is 1. The summed E-state index contributed by atoms with van der Waals surface area (Å²) >= 11 is 0. The van der Waals surface area contributed by atoms with Crippen molar-refractivity contribution in [3.8, 4) is 0 Å². The van der Waals surface area contributed by atoms with Crippen LogP contribution in [0.2, 0.25) is 0 Å². The first-order valence-corrected chi connectivity index (χ1v) is 18.2. The molecule has 0 saturated heterocycles. The van der Waals surface area contributed by atoms with Gasteiger partial charge in [0.25, 0.3) is 10.0 Å². The summed E-state index contributed by atoms with van der Waals surface area (Å²) in [6.45, 7) is 9.77. The number of aliphatic hydroxyl groups excluding tert-OH is 2. The highest BCUT2D eigenvalue weighted by molar-refractivity contribution is 7.90. The third-order valence-electron chi connectivity index (χ3n) is 12.7. The predicted molar refractivity (Wildman–Crippen MR) is 165 cm³/mol. The number of benzene rings is 1. The van der Waals surface area contributed by atoms with Crippen molar-refractivity contribution in [2.45, 2.75) is 115 Å². The Morgan fingerprint density at radius 3 is 2.58 bits per heavy atom. The van der Waals surface area contributed by atoms with Crippen LogP contribution in [0.3, 0.4) is 0 Å². The minimum atomic E-state index is -4.15. The molecule has 2 bridgehead atoms. The van der Waals surface area contributed by atoms with Crippen molar-refractivity contribution in [1.29, 1.82) is 0 Å². The van der Waals surface area contributed by atoms with Crippen LogP contribution in [-0.2, 0) is 10.0 Å². The van der Waals surface area contributed by atoms with Gasteiger partial charge in [0.05, 0.1) is 17.1 Å². The van der Waals surface area contributed by atoms with Gasteiger partial charge in [0.1, 0.15) is 5.82 Å². The molecule has 7 nitrogen and oxygen atoms in total. The van der Waals surface area contributed by atoms with E-state index in [1.165, 1.54) is 25.0 Å². The van der Waals surface area contributed by atoms with Crippen LogP contribution in [-0.4, -0.2) is 43.4 Å². The molecule has 0 aliphatic heterocycles. The van der Waals surface area contributed by atoms with Gasteiger partial charge in [-0.3, -0.25) is 0 Å². The molecule has 4 aliphatic carbocycles. The Balaban J connectivity index is 1.23. The van der Waals surface area contributed by atoms with Crippen LogP contribution in [0, 0.1) is 58.1 Å². The number of urea groups is 1. The number of fused-ring (bicyclic) bond motifs is 6. The number of amides is 2. The standard InChI is InChI=1S/C34H53FN2O5S/c1-5-26-22-17-24(38)11-14-33(3,20-22)29-12-15-34(4)28(9-10-30(34)27(29)19-31(26)39)21(2)13-16-36-32(40)37-43(41,42)25-8-6-7-23(35)18-25/h6-8,18,21-22,24,26-31,38-39H,5,9-17,19-20H2,1-4H3,(H2,36,37,40)/t21-,22+,24-,26-,27+,28-,29+,30+,31?,33+,34-/m1/s1. The number of nitrogens with one attached hydrogen (secondary N) is 2. The van der Waals surface area contributed by atoms with Crippen LogP contribution >= 0.6 is 0 Å². The lowest BCUT2D eigenvalue weighted by atomic mass is 9.48. The van der Waals surface area contributed by atoms with Crippen molar-refractivity contribution in [3.05, 3.63) is 30.1 Å². The van der Waals surface area contributed by atoms with Gasteiger partial charge in [0.2, 0.25) is 0 Å². The van der Waals surface area contributed by atoms with Gasteiger partial charge in [0, 0.05) is 6.54 Å². The zero-order valence-electron chi connectivity index (χ0n) is 26.4. The molecule has 4 N–H and O–H groups in total. The summed E-state index contributed by atoms with van der Waals surface area (Å²) in [6.07, 6.45) is 10.5. The Labute approximate surface area is 257 Å². The first-order valence-electron chi connectivity index (χ1n) is 16.7. The topological polar surface area (TPSA) is 116 Å². The van der Waals surface area contributed by atoms with Gasteiger partial charge in [-0.2, -0.15) is 0 Å². The van der Waals surface area contributed by atoms with Crippen LogP contribution in [0.4, 0.5) is 9.18 Å². The number of carbonyl (C=O) groups excluding carboxylic acids is 1. The molecular formula is C34H53FN2O5S. The summed E-state index contributed by atoms with van der Waals surface area (Å²) in [4.78, 5) is 12.2. The molecule has 1 unspecified atom stereocenters. The lowest BCUT2D eigenvalue weighted by Crippen LogP contribution is -2.51. The van der Waals surface area contributed by atoms with Crippen molar-refractivity contribution in [2.24, 2.45) is 52.3 Å². The fraction of sp³-hybridized carbons (Fsp3) is 0.794. The maximum Gasteiger partial charge on any atom is 0.328 e. The Morgan fingerprint density at radius 1 is 1.09 bits per heavy atom. The van der Waals surface area contributed by atoms with E-state index in [2.05, 4.69) is 33.0 Å². The van der Waals surface area contributed by atoms with Crippen LogP contribution < -0.4 is 10.0 Å². The lowest BCUT2D eigenvalue weighted by Gasteiger charge is -2.57. The second-order valence-corrected chi connectivity index (χ2v) is 16.8. The van der Waals surface area contributed by atoms with Crippen molar-refractivity contribution < 1.29 is 27.8 Å². The van der Waals surface area contributed by atoms with Crippen LogP contribution in [0.15, 0.2) is 29.2 Å². The molecule has 0 radical (unpaired) electrons. The normalized spacial score (nSPS) is 40.3. The molecular weight excluding hydrogens is 567 g/mol. The molecule has 1 aromatic rings. The fourth-order valence-corrected chi connectivity index (χ4v) is 11.7. The van der Waals surface area contributed by atoms with E-state index in [-0.39, 0.29) is 33.9 Å². The van der Waals surface area contributed by atoms with Crippen LogP contribution in [0.5, 0.6) is 0 Å². The lowest BCUT2D eigenvalue weighted by molar-refractivity contribution is -0.100. The molecule has 242 valence electrons. The third kappa shape index (κ3) is 6.51. The first-order chi connectivity index (χ1) is 20.3. The Hall–Kier alpha value is -1.71. The molecule has 4 aliphatic rings. The maximum absolute atomic E-state index is 13.5. The van der Waals surface area contributed by atoms with E-state index in [0.29, 0.717) is 42.1 Å². The molecule has 4 saturated carbocycles. The zero-order valence-corrected chi connectivity index (χ0v) is 27.2. The van der Waals surface area contributed by atoms with E-state index in [4.69, 9.17) is 0 Å². The molecule has 4 fully saturated rings. The average Bonchev–Trinajstić information content (AvgIpc) is 3.20. The van der Waals surface area contributed by atoms with Gasteiger partial charge in [-0.15, -0.1) is 0 Å². The predicted octanol–water partition coefficient (Wildman–Crippen LogP) is 6.25. The SMILES string of the molecule is CC[C@H]1C(O)C[C@H]2[C@H](CC[C@]3(C)[C@@H]([C@H](C)CCNC(=O)NS(=O)(=O)c4cccc(F)c4)CC[C@@H]23)[C@@]2(C)CC[C@@H](O)C[C@H]1C2. The van der Waals surface area contributed by atoms with E-state index >= 15 is 0 Å². The van der Waals surface area contributed by atoms with Crippen LogP contribution in [0.1, 0.15) is 98.3 Å². The van der Waals surface area contributed by atoms with Crippen molar-refractivity contribution >= 4 is 16.1 Å². The molecule has 9 heteroatoms. The molecule has 0 spiro atoms. The van der Waals surface area contributed by atoms with Gasteiger partial charge >= 0.3 is 6.03 Å². The second-order valence-electron chi connectivity index (χ2n) is 15.1. The number of hydrogen-bond donors (Lipinski definition) is 4. The number of hydrogen-bond acceptors (Lipinski definition) is 5. The highest BCUT2D eigenvalue weighted by Gasteiger charge is 2.59. The Bertz CT molecular complexity index is 1260. The van der Waals surface area contributed by atoms with E-state index in [9.17, 15) is 27.8 Å². The highest BCUT2D eigenvalue weighted by Crippen LogP contribution is 2.66. The second kappa shape index (κ2) is 12.6. The fourth-order valence-electron chi connectivity index (χ4n) is 10.7. The van der Waals surface area contributed by atoms with Crippen LogP contribution in [0.25, 0.3) is 0 Å². The number of rotatable bonds is 7. The summed E-state index contributed by atoms with van der Waals surface area (Å²) in [7, 11) is -4.15. The van der Waals surface area contributed by atoms with Crippen molar-refractivity contribution in [2.75, 3.05) is 6.54 Å². The number of aliphatic hydroxyl groups is 2. The highest BCUT2D eigenvalue weighted by atomic mass is 32.2. The summed E-state index contributed by atoms with van der Waals surface area (Å²) in [6, 6.07) is 3.78. The maximum atomic E-state index is 13.5. The molecule has 11 atom stereocenters. The van der Waals surface area contributed by atoms with Gasteiger partial charge in [0.15, 0.2) is 0 Å². The molecule has 2 amide bonds. The molecule has 1 aromatic carbocycles. The van der Waals surface area contributed by atoms with Crippen molar-refractivity contribution in [3.63, 3.8) is 0 Å². The number of halogens is 1. The van der Waals surface area contributed by atoms with E-state index in [0.717, 1.165) is 69.9 Å². The van der Waals surface area contributed by atoms with Gasteiger partial charge < -0.3 is 15.5 Å². The summed E-state index contributed by atoms with van der Waals surface area (Å²) in [5, 5.41) is 25.1. The minimum absolute atomic E-state index is 0.171. The Kier molecular flexibility index (Phi) is 9.57. The van der Waals surface area contributed by atoms with E-state index in [1.807, 2.05) is 4.72 Å². The summed E-state index contributed by atoms with van der Waals surface area (Å²) in [5.41, 5.74) is 0.374. The largest absolute Gasteiger partial charge is 0.393 e. The van der Waals surface area contributed by atoms with Gasteiger partial charge in [-0.25, -0.2) is 22.3 Å². The summed E-state index contributed by atoms with van der Waals surface area (Å²) < 4.78 is 40.5. The van der Waals surface area contributed by atoms with E-state index in [1.54, 1.807) is 0 Å². The molecule has 5 rings (SSSR count). The molecule has 0 heterocycles. The van der Waals surface area contributed by atoms with Gasteiger partial charge in [-0.05, 0) is 135 Å². The Morgan fingerprint density at radius 2 is 1.86 bits per heavy atom. The van der Waals surface area contributed by atoms with E-state index < -0.39 is 21.9 Å². The zero-order chi connectivity index (χ0) is 31.2. The monoisotopic (exact) mass is 620 g/mol. The number of carbonyl (C=O) groups is 1. The quantitative estimate of drug-likeness (QED) is 0.288. The summed E-state index contributed by atoms with van der Waals surface area (Å²) in [5.74, 6) is 2.42. The molecule has 0 aromatic heterocycles. The minimum Gasteiger partial charge on any atom is -0.393 e. The van der Waals surface area contributed by atoms with Gasteiger partial charge in [-0.1, -0.05) is 40.2 Å². The first kappa shape index (κ1) is 32.7. The smallest absolute Gasteiger partial charge is 0.328 e.